The minimum atomic E-state index is -1.33. The number of carbonyl (C=O) groups is 1. The van der Waals surface area contributed by atoms with Gasteiger partial charge in [0.15, 0.2) is 11.5 Å². The van der Waals surface area contributed by atoms with E-state index in [9.17, 15) is 14.9 Å². The molecule has 0 radical (unpaired) electrons. The number of ether oxygens (including phenoxy) is 2. The van der Waals surface area contributed by atoms with Gasteiger partial charge in [-0.1, -0.05) is 24.3 Å². The normalized spacial score (nSPS) is 13.0. The van der Waals surface area contributed by atoms with Gasteiger partial charge >= 0.3 is 5.97 Å². The van der Waals surface area contributed by atoms with Gasteiger partial charge in [-0.25, -0.2) is 4.79 Å². The summed E-state index contributed by atoms with van der Waals surface area (Å²) in [6.07, 6.45) is 3.43. The first-order valence-electron chi connectivity index (χ1n) is 7.14. The molecular weight excluding hydrogens is 314 g/mol. The Morgan fingerprint density at radius 3 is 2.33 bits per heavy atom. The van der Waals surface area contributed by atoms with E-state index in [-0.39, 0.29) is 5.56 Å². The lowest BCUT2D eigenvalue weighted by Gasteiger charge is -2.18. The van der Waals surface area contributed by atoms with Gasteiger partial charge < -0.3 is 14.6 Å². The second-order valence-electron chi connectivity index (χ2n) is 5.08. The van der Waals surface area contributed by atoms with E-state index in [0.29, 0.717) is 30.3 Å². The molecule has 0 aromatic heterocycles. The maximum Gasteiger partial charge on any atom is 0.342 e. The van der Waals surface area contributed by atoms with Crippen molar-refractivity contribution in [2.45, 2.75) is 0 Å². The van der Waals surface area contributed by atoms with Gasteiger partial charge in [-0.2, -0.15) is 0 Å². The summed E-state index contributed by atoms with van der Waals surface area (Å²) in [5.74, 6) is -0.000444. The van der Waals surface area contributed by atoms with Crippen molar-refractivity contribution in [3.05, 3.63) is 63.2 Å². The highest BCUT2D eigenvalue weighted by atomic mass is 16.6. The number of hydrogen-bond acceptors (Lipinski definition) is 5. The van der Waals surface area contributed by atoms with Gasteiger partial charge in [-0.15, -0.1) is 0 Å². The zero-order valence-electron chi connectivity index (χ0n) is 12.5. The third-order valence-corrected chi connectivity index (χ3v) is 3.48. The summed E-state index contributed by atoms with van der Waals surface area (Å²) in [5, 5.41) is 20.0. The fourth-order valence-corrected chi connectivity index (χ4v) is 2.34. The smallest absolute Gasteiger partial charge is 0.342 e. The van der Waals surface area contributed by atoms with Crippen LogP contribution in [0.25, 0.3) is 12.2 Å². The van der Waals surface area contributed by atoms with Crippen LogP contribution >= 0.6 is 0 Å². The van der Waals surface area contributed by atoms with Crippen LogP contribution in [0.15, 0.2) is 36.4 Å². The number of nitro groups is 1. The van der Waals surface area contributed by atoms with Crippen LogP contribution in [0, 0.1) is 10.1 Å². The summed E-state index contributed by atoms with van der Waals surface area (Å²) < 4.78 is 10.9. The van der Waals surface area contributed by atoms with Gasteiger partial charge in [0, 0.05) is 6.07 Å². The van der Waals surface area contributed by atoms with Crippen LogP contribution in [-0.4, -0.2) is 29.2 Å². The first kappa shape index (κ1) is 15.5. The number of nitrogens with zero attached hydrogens (tertiary/aromatic N) is 1. The van der Waals surface area contributed by atoms with Crippen LogP contribution < -0.4 is 9.47 Å². The molecular formula is C17H13NO6. The van der Waals surface area contributed by atoms with Crippen molar-refractivity contribution >= 4 is 23.8 Å². The number of hydrogen-bond donors (Lipinski definition) is 1. The fraction of sp³-hybridized carbons (Fsp3) is 0.118. The Labute approximate surface area is 136 Å². The van der Waals surface area contributed by atoms with Crippen LogP contribution in [0.1, 0.15) is 21.5 Å². The summed E-state index contributed by atoms with van der Waals surface area (Å²) in [4.78, 5) is 21.3. The number of nitro benzene ring substituents is 1. The van der Waals surface area contributed by atoms with E-state index in [2.05, 4.69) is 0 Å². The van der Waals surface area contributed by atoms with Gasteiger partial charge in [0.2, 0.25) is 0 Å². The van der Waals surface area contributed by atoms with E-state index in [0.717, 1.165) is 5.56 Å². The van der Waals surface area contributed by atoms with E-state index in [1.165, 1.54) is 18.2 Å². The van der Waals surface area contributed by atoms with E-state index in [1.807, 2.05) is 12.1 Å². The first-order chi connectivity index (χ1) is 11.5. The summed E-state index contributed by atoms with van der Waals surface area (Å²) in [7, 11) is 0. The Kier molecular flexibility index (Phi) is 4.15. The van der Waals surface area contributed by atoms with Crippen LogP contribution in [0.2, 0.25) is 0 Å². The third kappa shape index (κ3) is 3.19. The van der Waals surface area contributed by atoms with Crippen LogP contribution in [0.4, 0.5) is 5.69 Å². The molecule has 7 heteroatoms. The zero-order chi connectivity index (χ0) is 17.1. The minimum Gasteiger partial charge on any atom is -0.486 e. The molecule has 0 fully saturated rings. The quantitative estimate of drug-likeness (QED) is 0.526. The van der Waals surface area contributed by atoms with E-state index < -0.39 is 16.6 Å². The molecule has 7 nitrogen and oxygen atoms in total. The average molecular weight is 327 g/mol. The number of fused-ring (bicyclic) bond motifs is 1. The van der Waals surface area contributed by atoms with E-state index in [4.69, 9.17) is 14.6 Å². The zero-order valence-corrected chi connectivity index (χ0v) is 12.5. The van der Waals surface area contributed by atoms with Gasteiger partial charge in [0.25, 0.3) is 5.69 Å². The Balaban J connectivity index is 1.88. The lowest BCUT2D eigenvalue weighted by Crippen LogP contribution is -2.15. The molecule has 0 spiro atoms. The number of aromatic carboxylic acids is 1. The third-order valence-electron chi connectivity index (χ3n) is 3.48. The van der Waals surface area contributed by atoms with Crippen LogP contribution in [-0.2, 0) is 0 Å². The number of carboxylic acid groups (broad SMARTS) is 1. The molecule has 0 bridgehead atoms. The van der Waals surface area contributed by atoms with E-state index >= 15 is 0 Å². The second-order valence-corrected chi connectivity index (χ2v) is 5.08. The van der Waals surface area contributed by atoms with Crippen molar-refractivity contribution in [2.75, 3.05) is 13.2 Å². The molecule has 122 valence electrons. The van der Waals surface area contributed by atoms with Gasteiger partial charge in [0.05, 0.1) is 4.92 Å². The molecule has 2 aromatic carbocycles. The fourth-order valence-electron chi connectivity index (χ4n) is 2.34. The topological polar surface area (TPSA) is 98.9 Å². The Morgan fingerprint density at radius 2 is 1.67 bits per heavy atom. The van der Waals surface area contributed by atoms with Crippen molar-refractivity contribution in [3.8, 4) is 11.5 Å². The number of rotatable bonds is 4. The predicted molar refractivity (Wildman–Crippen MR) is 86.4 cm³/mol. The lowest BCUT2D eigenvalue weighted by atomic mass is 10.1. The minimum absolute atomic E-state index is 0.337. The molecule has 3 rings (SSSR count). The van der Waals surface area contributed by atoms with Crippen LogP contribution in [0.3, 0.4) is 0 Å². The summed E-state index contributed by atoms with van der Waals surface area (Å²) in [6, 6.07) is 9.42. The molecule has 24 heavy (non-hydrogen) atoms. The highest BCUT2D eigenvalue weighted by Crippen LogP contribution is 2.31. The lowest BCUT2D eigenvalue weighted by molar-refractivity contribution is -0.385. The standard InChI is InChI=1S/C17H13NO6/c19-17(20)13-5-3-11(9-14(13)18(21)22)1-2-12-4-6-15-16(10-12)24-8-7-23-15/h1-6,9-10H,7-8H2,(H,19,20)/b2-1+. The molecule has 1 N–H and O–H groups in total. The molecule has 1 aliphatic heterocycles. The molecule has 0 saturated carbocycles. The Bertz CT molecular complexity index is 843. The molecule has 0 aliphatic carbocycles. The molecule has 0 unspecified atom stereocenters. The maximum atomic E-state index is 11.0. The van der Waals surface area contributed by atoms with Gasteiger partial charge in [0.1, 0.15) is 18.8 Å². The Hall–Kier alpha value is -3.35. The molecule has 0 saturated heterocycles. The highest BCUT2D eigenvalue weighted by Gasteiger charge is 2.19. The SMILES string of the molecule is O=C(O)c1ccc(/C=C/c2ccc3c(c2)OCCO3)cc1[N+](=O)[O-]. The number of carboxylic acids is 1. The van der Waals surface area contributed by atoms with Crippen molar-refractivity contribution < 1.29 is 24.3 Å². The van der Waals surface area contributed by atoms with Gasteiger partial charge in [-0.05, 0) is 29.3 Å². The molecule has 0 amide bonds. The highest BCUT2D eigenvalue weighted by molar-refractivity contribution is 5.93. The summed E-state index contributed by atoms with van der Waals surface area (Å²) in [5.41, 5.74) is 0.592. The van der Waals surface area contributed by atoms with Crippen molar-refractivity contribution in [2.24, 2.45) is 0 Å². The average Bonchev–Trinajstić information content (AvgIpc) is 2.59. The number of benzene rings is 2. The molecule has 1 heterocycles. The Morgan fingerprint density at radius 1 is 1.04 bits per heavy atom. The summed E-state index contributed by atoms with van der Waals surface area (Å²) in [6.45, 7) is 1.00. The molecule has 0 atom stereocenters. The van der Waals surface area contributed by atoms with Crippen LogP contribution in [0.5, 0.6) is 11.5 Å². The molecule has 1 aliphatic rings. The summed E-state index contributed by atoms with van der Waals surface area (Å²) >= 11 is 0. The predicted octanol–water partition coefficient (Wildman–Crippen LogP) is 3.23. The second kappa shape index (κ2) is 6.41. The van der Waals surface area contributed by atoms with E-state index in [1.54, 1.807) is 18.2 Å². The first-order valence-corrected chi connectivity index (χ1v) is 7.14. The van der Waals surface area contributed by atoms with Crippen molar-refractivity contribution in [1.82, 2.24) is 0 Å². The maximum absolute atomic E-state index is 11.0. The van der Waals surface area contributed by atoms with Crippen molar-refractivity contribution in [1.29, 1.82) is 0 Å². The monoisotopic (exact) mass is 327 g/mol. The van der Waals surface area contributed by atoms with Crippen molar-refractivity contribution in [3.63, 3.8) is 0 Å². The van der Waals surface area contributed by atoms with Gasteiger partial charge in [-0.3, -0.25) is 10.1 Å². The molecule has 2 aromatic rings. The largest absolute Gasteiger partial charge is 0.486 e.